The Kier molecular flexibility index (Phi) is 6.23. The molecule has 2 amide bonds. The van der Waals surface area contributed by atoms with Gasteiger partial charge < -0.3 is 10.2 Å². The average molecular weight is 416 g/mol. The topological polar surface area (TPSA) is 62.3 Å². The smallest absolute Gasteiger partial charge is 0.256 e. The van der Waals surface area contributed by atoms with E-state index in [2.05, 4.69) is 10.7 Å². The number of carbonyl (C=O) groups excluding carboxylic acids is 2. The molecule has 1 aromatic carbocycles. The standard InChI is InChI=1S/C22H26FN3O2S/c23-19-7-2-1-6-18(19)22(28)26-12-9-16(10-13-26)21-25-17(14-29-21)8-11-24-20(27)15-4-3-5-15/h1-2,6-7,14-16H,3-5,8-13H2,(H,24,27). The normalized spacial score (nSPS) is 17.8. The Morgan fingerprint density at radius 3 is 2.62 bits per heavy atom. The van der Waals surface area contributed by atoms with Gasteiger partial charge >= 0.3 is 0 Å². The molecule has 0 unspecified atom stereocenters. The molecule has 1 saturated carbocycles. The number of aromatic nitrogens is 1. The molecule has 1 N–H and O–H groups in total. The Morgan fingerprint density at radius 2 is 1.93 bits per heavy atom. The second-order valence-electron chi connectivity index (χ2n) is 7.89. The highest BCUT2D eigenvalue weighted by atomic mass is 32.1. The molecule has 154 valence electrons. The molecule has 4 rings (SSSR count). The van der Waals surface area contributed by atoms with E-state index in [0.717, 1.165) is 49.2 Å². The van der Waals surface area contributed by atoms with Gasteiger partial charge in [-0.05, 0) is 37.8 Å². The molecule has 29 heavy (non-hydrogen) atoms. The Morgan fingerprint density at radius 1 is 1.17 bits per heavy atom. The maximum Gasteiger partial charge on any atom is 0.256 e. The van der Waals surface area contributed by atoms with Crippen molar-refractivity contribution < 1.29 is 14.0 Å². The second kappa shape index (κ2) is 9.03. The van der Waals surface area contributed by atoms with Gasteiger partial charge in [-0.1, -0.05) is 18.6 Å². The molecule has 0 bridgehead atoms. The monoisotopic (exact) mass is 415 g/mol. The number of hydrogen-bond acceptors (Lipinski definition) is 4. The van der Waals surface area contributed by atoms with Gasteiger partial charge in [-0.3, -0.25) is 9.59 Å². The summed E-state index contributed by atoms with van der Waals surface area (Å²) in [7, 11) is 0. The van der Waals surface area contributed by atoms with E-state index in [4.69, 9.17) is 4.98 Å². The molecule has 2 aromatic rings. The number of hydrogen-bond donors (Lipinski definition) is 1. The van der Waals surface area contributed by atoms with E-state index in [1.54, 1.807) is 34.4 Å². The number of rotatable bonds is 6. The molecule has 1 aliphatic heterocycles. The lowest BCUT2D eigenvalue weighted by atomic mass is 9.85. The van der Waals surface area contributed by atoms with Crippen molar-refractivity contribution in [2.45, 2.75) is 44.4 Å². The number of nitrogens with zero attached hydrogens (tertiary/aromatic N) is 2. The first kappa shape index (κ1) is 20.0. The zero-order chi connectivity index (χ0) is 20.2. The van der Waals surface area contributed by atoms with Crippen LogP contribution in [0.4, 0.5) is 4.39 Å². The van der Waals surface area contributed by atoms with Crippen LogP contribution in [0.25, 0.3) is 0 Å². The quantitative estimate of drug-likeness (QED) is 0.781. The summed E-state index contributed by atoms with van der Waals surface area (Å²) in [6.45, 7) is 1.86. The SMILES string of the molecule is O=C(NCCc1csc(C2CCN(C(=O)c3ccccc3F)CC2)n1)C1CCC1. The van der Waals surface area contributed by atoms with Gasteiger partial charge in [-0.15, -0.1) is 11.3 Å². The van der Waals surface area contributed by atoms with Crippen molar-refractivity contribution in [3.8, 4) is 0 Å². The van der Waals surface area contributed by atoms with Crippen LogP contribution in [-0.2, 0) is 11.2 Å². The van der Waals surface area contributed by atoms with Crippen molar-refractivity contribution in [2.75, 3.05) is 19.6 Å². The molecule has 2 fully saturated rings. The molecule has 0 atom stereocenters. The molecule has 7 heteroatoms. The molecule has 0 radical (unpaired) electrons. The van der Waals surface area contributed by atoms with E-state index >= 15 is 0 Å². The highest BCUT2D eigenvalue weighted by Crippen LogP contribution is 2.31. The first-order chi connectivity index (χ1) is 14.1. The lowest BCUT2D eigenvalue weighted by Gasteiger charge is -2.31. The van der Waals surface area contributed by atoms with Crippen LogP contribution in [0.5, 0.6) is 0 Å². The van der Waals surface area contributed by atoms with E-state index in [1.165, 1.54) is 6.07 Å². The maximum atomic E-state index is 13.9. The van der Waals surface area contributed by atoms with Crippen molar-refractivity contribution in [3.05, 3.63) is 51.7 Å². The summed E-state index contributed by atoms with van der Waals surface area (Å²) in [5, 5.41) is 6.18. The number of nitrogens with one attached hydrogen (secondary N) is 1. The molecule has 2 heterocycles. The summed E-state index contributed by atoms with van der Waals surface area (Å²) in [5.74, 6) is 0.0389. The van der Waals surface area contributed by atoms with Gasteiger partial charge in [-0.2, -0.15) is 0 Å². The average Bonchev–Trinajstić information content (AvgIpc) is 3.15. The Hall–Kier alpha value is -2.28. The number of benzene rings is 1. The van der Waals surface area contributed by atoms with Crippen LogP contribution in [0.1, 0.15) is 59.1 Å². The summed E-state index contributed by atoms with van der Waals surface area (Å²) < 4.78 is 13.9. The van der Waals surface area contributed by atoms with Crippen LogP contribution < -0.4 is 5.32 Å². The minimum Gasteiger partial charge on any atom is -0.355 e. The minimum absolute atomic E-state index is 0.145. The summed E-state index contributed by atoms with van der Waals surface area (Å²) in [4.78, 5) is 30.9. The molecular formula is C22H26FN3O2S. The minimum atomic E-state index is -0.464. The first-order valence-electron chi connectivity index (χ1n) is 10.4. The fourth-order valence-corrected chi connectivity index (χ4v) is 4.91. The second-order valence-corrected chi connectivity index (χ2v) is 8.78. The Bertz CT molecular complexity index is 872. The van der Waals surface area contributed by atoms with E-state index in [1.807, 2.05) is 0 Å². The predicted octanol–water partition coefficient (Wildman–Crippen LogP) is 3.76. The largest absolute Gasteiger partial charge is 0.355 e. The third-order valence-corrected chi connectivity index (χ3v) is 7.02. The van der Waals surface area contributed by atoms with Crippen molar-refractivity contribution in [3.63, 3.8) is 0 Å². The predicted molar refractivity (Wildman–Crippen MR) is 110 cm³/mol. The van der Waals surface area contributed by atoms with Crippen molar-refractivity contribution >= 4 is 23.2 Å². The summed E-state index contributed by atoms with van der Waals surface area (Å²) >= 11 is 1.66. The van der Waals surface area contributed by atoms with E-state index in [-0.39, 0.29) is 23.3 Å². The fraction of sp³-hybridized carbons (Fsp3) is 0.500. The highest BCUT2D eigenvalue weighted by Gasteiger charge is 2.27. The van der Waals surface area contributed by atoms with Crippen molar-refractivity contribution in [1.82, 2.24) is 15.2 Å². The molecule has 0 spiro atoms. The van der Waals surface area contributed by atoms with E-state index < -0.39 is 5.82 Å². The van der Waals surface area contributed by atoms with Crippen molar-refractivity contribution in [2.24, 2.45) is 5.92 Å². The summed E-state index contributed by atoms with van der Waals surface area (Å²) in [6, 6.07) is 6.15. The van der Waals surface area contributed by atoms with Gasteiger partial charge in [0.1, 0.15) is 5.82 Å². The summed E-state index contributed by atoms with van der Waals surface area (Å²) in [5.41, 5.74) is 1.16. The third kappa shape index (κ3) is 4.66. The zero-order valence-electron chi connectivity index (χ0n) is 16.4. The van der Waals surface area contributed by atoms with Gasteiger partial charge in [0.15, 0.2) is 0 Å². The van der Waals surface area contributed by atoms with Gasteiger partial charge in [0, 0.05) is 43.3 Å². The molecule has 1 aromatic heterocycles. The molecule has 5 nitrogen and oxygen atoms in total. The van der Waals surface area contributed by atoms with Crippen LogP contribution in [0.15, 0.2) is 29.6 Å². The van der Waals surface area contributed by atoms with Gasteiger partial charge in [0.25, 0.3) is 5.91 Å². The van der Waals surface area contributed by atoms with E-state index in [9.17, 15) is 14.0 Å². The lowest BCUT2D eigenvalue weighted by Crippen LogP contribution is -2.38. The third-order valence-electron chi connectivity index (χ3n) is 5.96. The van der Waals surface area contributed by atoms with Crippen molar-refractivity contribution in [1.29, 1.82) is 0 Å². The Balaban J connectivity index is 1.25. The molecular weight excluding hydrogens is 389 g/mol. The number of carbonyl (C=O) groups is 2. The maximum absolute atomic E-state index is 13.9. The van der Waals surface area contributed by atoms with Crippen LogP contribution in [0.3, 0.4) is 0 Å². The molecule has 2 aliphatic rings. The lowest BCUT2D eigenvalue weighted by molar-refractivity contribution is -0.127. The van der Waals surface area contributed by atoms with Gasteiger partial charge in [0.2, 0.25) is 5.91 Å². The number of likely N-dealkylation sites (tertiary alicyclic amines) is 1. The Labute approximate surface area is 174 Å². The highest BCUT2D eigenvalue weighted by molar-refractivity contribution is 7.09. The first-order valence-corrected chi connectivity index (χ1v) is 11.3. The number of halogens is 1. The van der Waals surface area contributed by atoms with Crippen LogP contribution >= 0.6 is 11.3 Å². The van der Waals surface area contributed by atoms with Crippen LogP contribution in [-0.4, -0.2) is 41.3 Å². The number of piperidine rings is 1. The van der Waals surface area contributed by atoms with Gasteiger partial charge in [0.05, 0.1) is 16.3 Å². The van der Waals surface area contributed by atoms with Gasteiger partial charge in [-0.25, -0.2) is 9.37 Å². The number of thiazole rings is 1. The molecule has 1 saturated heterocycles. The van der Waals surface area contributed by atoms with E-state index in [0.29, 0.717) is 25.6 Å². The van der Waals surface area contributed by atoms with Crippen LogP contribution in [0, 0.1) is 11.7 Å². The molecule has 1 aliphatic carbocycles. The zero-order valence-corrected chi connectivity index (χ0v) is 17.2. The fourth-order valence-electron chi connectivity index (χ4n) is 3.89. The van der Waals surface area contributed by atoms with Crippen LogP contribution in [0.2, 0.25) is 0 Å². The number of amides is 2. The summed E-state index contributed by atoms with van der Waals surface area (Å²) in [6.07, 6.45) is 5.63.